The van der Waals surface area contributed by atoms with Crippen LogP contribution in [0.5, 0.6) is 0 Å². The Balaban J connectivity index is 2.00. The molecule has 3 nitrogen and oxygen atoms in total. The first-order chi connectivity index (χ1) is 6.27. The number of carboxylic acid groups (broad SMARTS) is 1. The molecule has 3 atom stereocenters. The molecule has 3 heteroatoms. The first kappa shape index (κ1) is 9.00. The normalized spacial score (nSPS) is 39.5. The van der Waals surface area contributed by atoms with Crippen molar-refractivity contribution in [2.75, 3.05) is 0 Å². The largest absolute Gasteiger partial charge is 0.480 e. The standard InChI is InChI=1S/C10H17NO2/c12-10(13)9-6-2-4-7-3-1-5-8(7)11-9/h7-9,11H,1-6H2,(H,12,13). The van der Waals surface area contributed by atoms with Gasteiger partial charge >= 0.3 is 5.97 Å². The van der Waals surface area contributed by atoms with Crippen molar-refractivity contribution >= 4 is 5.97 Å². The number of aliphatic carboxylic acids is 1. The molecule has 0 amide bonds. The van der Waals surface area contributed by atoms with Crippen LogP contribution < -0.4 is 5.32 Å². The molecule has 0 bridgehead atoms. The van der Waals surface area contributed by atoms with Crippen molar-refractivity contribution in [3.63, 3.8) is 0 Å². The fraction of sp³-hybridized carbons (Fsp3) is 0.900. The Morgan fingerprint density at radius 3 is 2.54 bits per heavy atom. The summed E-state index contributed by atoms with van der Waals surface area (Å²) in [5.74, 6) is 0.0805. The van der Waals surface area contributed by atoms with E-state index in [0.29, 0.717) is 6.04 Å². The Hall–Kier alpha value is -0.570. The molecule has 1 saturated carbocycles. The SMILES string of the molecule is O=C(O)C1CCCC2CCCC2N1. The van der Waals surface area contributed by atoms with E-state index in [0.717, 1.165) is 18.8 Å². The van der Waals surface area contributed by atoms with Gasteiger partial charge in [-0.25, -0.2) is 0 Å². The fourth-order valence-electron chi connectivity index (χ4n) is 2.72. The maximum absolute atomic E-state index is 10.8. The summed E-state index contributed by atoms with van der Waals surface area (Å²) in [4.78, 5) is 10.8. The van der Waals surface area contributed by atoms with E-state index in [-0.39, 0.29) is 6.04 Å². The number of nitrogens with one attached hydrogen (secondary N) is 1. The lowest BCUT2D eigenvalue weighted by atomic mass is 9.99. The molecule has 0 aromatic heterocycles. The molecule has 2 N–H and O–H groups in total. The summed E-state index contributed by atoms with van der Waals surface area (Å²) in [6, 6.07) is 0.205. The van der Waals surface area contributed by atoms with Crippen LogP contribution in [0.2, 0.25) is 0 Å². The molecule has 0 radical (unpaired) electrons. The first-order valence-electron chi connectivity index (χ1n) is 5.26. The summed E-state index contributed by atoms with van der Waals surface area (Å²) in [6.07, 6.45) is 6.85. The van der Waals surface area contributed by atoms with Gasteiger partial charge in [-0.05, 0) is 31.6 Å². The molecule has 2 rings (SSSR count). The molecule has 0 spiro atoms. The third-order valence-corrected chi connectivity index (χ3v) is 3.44. The molecule has 2 aliphatic rings. The quantitative estimate of drug-likeness (QED) is 0.645. The number of fused-ring (bicyclic) bond motifs is 1. The Labute approximate surface area is 78.5 Å². The predicted octanol–water partition coefficient (Wildman–Crippen LogP) is 1.38. The maximum atomic E-state index is 10.8. The monoisotopic (exact) mass is 183 g/mol. The lowest BCUT2D eigenvalue weighted by Gasteiger charge is -2.19. The molecule has 0 aromatic carbocycles. The van der Waals surface area contributed by atoms with E-state index in [1.165, 1.54) is 25.7 Å². The minimum Gasteiger partial charge on any atom is -0.480 e. The number of carboxylic acids is 1. The van der Waals surface area contributed by atoms with Gasteiger partial charge < -0.3 is 10.4 Å². The third kappa shape index (κ3) is 1.85. The summed E-state index contributed by atoms with van der Waals surface area (Å²) in [5, 5.41) is 12.2. The van der Waals surface area contributed by atoms with Crippen LogP contribution in [0, 0.1) is 5.92 Å². The highest BCUT2D eigenvalue weighted by Gasteiger charge is 2.33. The molecular weight excluding hydrogens is 166 g/mol. The molecule has 1 saturated heterocycles. The van der Waals surface area contributed by atoms with Crippen LogP contribution in [0.1, 0.15) is 38.5 Å². The second-order valence-corrected chi connectivity index (χ2v) is 4.29. The highest BCUT2D eigenvalue weighted by Crippen LogP contribution is 2.32. The van der Waals surface area contributed by atoms with Crippen molar-refractivity contribution in [2.24, 2.45) is 5.92 Å². The zero-order chi connectivity index (χ0) is 9.26. The molecule has 3 unspecified atom stereocenters. The van der Waals surface area contributed by atoms with Gasteiger partial charge in [-0.1, -0.05) is 12.8 Å². The predicted molar refractivity (Wildman–Crippen MR) is 49.5 cm³/mol. The molecule has 74 valence electrons. The van der Waals surface area contributed by atoms with Gasteiger partial charge in [0.15, 0.2) is 0 Å². The number of carbonyl (C=O) groups is 1. The van der Waals surface area contributed by atoms with Crippen LogP contribution in [0.25, 0.3) is 0 Å². The topological polar surface area (TPSA) is 49.3 Å². The molecule has 1 aliphatic carbocycles. The van der Waals surface area contributed by atoms with Gasteiger partial charge in [0.1, 0.15) is 6.04 Å². The molecule has 13 heavy (non-hydrogen) atoms. The van der Waals surface area contributed by atoms with Crippen molar-refractivity contribution in [1.82, 2.24) is 5.32 Å². The highest BCUT2D eigenvalue weighted by molar-refractivity contribution is 5.73. The number of hydrogen-bond donors (Lipinski definition) is 2. The number of hydrogen-bond acceptors (Lipinski definition) is 2. The molecular formula is C10H17NO2. The van der Waals surface area contributed by atoms with E-state index in [1.807, 2.05) is 0 Å². The maximum Gasteiger partial charge on any atom is 0.320 e. The van der Waals surface area contributed by atoms with E-state index >= 15 is 0 Å². The smallest absolute Gasteiger partial charge is 0.320 e. The van der Waals surface area contributed by atoms with Crippen molar-refractivity contribution in [2.45, 2.75) is 50.6 Å². The van der Waals surface area contributed by atoms with Crippen molar-refractivity contribution in [1.29, 1.82) is 0 Å². The molecule has 0 aromatic rings. The van der Waals surface area contributed by atoms with Crippen LogP contribution in [0.3, 0.4) is 0 Å². The Morgan fingerprint density at radius 2 is 1.85 bits per heavy atom. The fourth-order valence-corrected chi connectivity index (χ4v) is 2.72. The van der Waals surface area contributed by atoms with Crippen molar-refractivity contribution in [3.05, 3.63) is 0 Å². The molecule has 1 aliphatic heterocycles. The molecule has 1 heterocycles. The summed E-state index contributed by atoms with van der Waals surface area (Å²) in [7, 11) is 0. The van der Waals surface area contributed by atoms with E-state index in [2.05, 4.69) is 5.32 Å². The second kappa shape index (κ2) is 3.66. The zero-order valence-electron chi connectivity index (χ0n) is 7.83. The minimum absolute atomic E-state index is 0.284. The van der Waals surface area contributed by atoms with Gasteiger partial charge in [0.2, 0.25) is 0 Å². The van der Waals surface area contributed by atoms with Gasteiger partial charge in [-0.3, -0.25) is 4.79 Å². The lowest BCUT2D eigenvalue weighted by molar-refractivity contribution is -0.139. The average molecular weight is 183 g/mol. The summed E-state index contributed by atoms with van der Waals surface area (Å²) in [6.45, 7) is 0. The van der Waals surface area contributed by atoms with Crippen molar-refractivity contribution < 1.29 is 9.90 Å². The highest BCUT2D eigenvalue weighted by atomic mass is 16.4. The minimum atomic E-state index is -0.674. The Morgan fingerprint density at radius 1 is 1.15 bits per heavy atom. The summed E-state index contributed by atoms with van der Waals surface area (Å²) >= 11 is 0. The van der Waals surface area contributed by atoms with E-state index in [9.17, 15) is 4.79 Å². The third-order valence-electron chi connectivity index (χ3n) is 3.44. The van der Waals surface area contributed by atoms with E-state index in [1.54, 1.807) is 0 Å². The van der Waals surface area contributed by atoms with Gasteiger partial charge in [0, 0.05) is 6.04 Å². The van der Waals surface area contributed by atoms with Crippen LogP contribution in [-0.2, 0) is 4.79 Å². The van der Waals surface area contributed by atoms with E-state index in [4.69, 9.17) is 5.11 Å². The lowest BCUT2D eigenvalue weighted by Crippen LogP contribution is -2.42. The van der Waals surface area contributed by atoms with Crippen LogP contribution >= 0.6 is 0 Å². The Kier molecular flexibility index (Phi) is 2.54. The van der Waals surface area contributed by atoms with Gasteiger partial charge in [-0.15, -0.1) is 0 Å². The van der Waals surface area contributed by atoms with E-state index < -0.39 is 5.97 Å². The summed E-state index contributed by atoms with van der Waals surface area (Å²) in [5.41, 5.74) is 0. The van der Waals surface area contributed by atoms with Gasteiger partial charge in [0.05, 0.1) is 0 Å². The van der Waals surface area contributed by atoms with Gasteiger partial charge in [-0.2, -0.15) is 0 Å². The van der Waals surface area contributed by atoms with Crippen LogP contribution in [0.4, 0.5) is 0 Å². The first-order valence-corrected chi connectivity index (χ1v) is 5.26. The zero-order valence-corrected chi connectivity index (χ0v) is 7.83. The van der Waals surface area contributed by atoms with Crippen LogP contribution in [-0.4, -0.2) is 23.2 Å². The number of rotatable bonds is 1. The van der Waals surface area contributed by atoms with Crippen LogP contribution in [0.15, 0.2) is 0 Å². The molecule has 2 fully saturated rings. The summed E-state index contributed by atoms with van der Waals surface area (Å²) < 4.78 is 0. The second-order valence-electron chi connectivity index (χ2n) is 4.29. The van der Waals surface area contributed by atoms with Gasteiger partial charge in [0.25, 0.3) is 0 Å². The average Bonchev–Trinajstić information content (AvgIpc) is 2.42. The van der Waals surface area contributed by atoms with Crippen molar-refractivity contribution in [3.8, 4) is 0 Å². The Bertz CT molecular complexity index is 205.